The molecular weight excluding hydrogens is 298 g/mol. The lowest BCUT2D eigenvalue weighted by Gasteiger charge is -2.44. The normalized spacial score (nSPS) is 20.9. The quantitative estimate of drug-likeness (QED) is 0.686. The van der Waals surface area contributed by atoms with Crippen molar-refractivity contribution in [3.63, 3.8) is 0 Å². The van der Waals surface area contributed by atoms with Crippen molar-refractivity contribution in [3.8, 4) is 0 Å². The maximum absolute atomic E-state index is 3.77. The van der Waals surface area contributed by atoms with Crippen molar-refractivity contribution >= 4 is 26.8 Å². The van der Waals surface area contributed by atoms with Gasteiger partial charge in [0.2, 0.25) is 0 Å². The molecule has 0 aliphatic carbocycles. The third kappa shape index (κ3) is 1.41. The summed E-state index contributed by atoms with van der Waals surface area (Å²) in [5.41, 5.74) is 3.11. The van der Waals surface area contributed by atoms with Gasteiger partial charge >= 0.3 is 0 Å². The first kappa shape index (κ1) is 13.2. The van der Waals surface area contributed by atoms with E-state index >= 15 is 0 Å². The molecule has 2 heterocycles. The first-order chi connectivity index (χ1) is 8.92. The zero-order valence-electron chi connectivity index (χ0n) is 12.4. The van der Waals surface area contributed by atoms with Crippen molar-refractivity contribution < 1.29 is 0 Å². The summed E-state index contributed by atoms with van der Waals surface area (Å²) in [6.45, 7) is 11.8. The van der Waals surface area contributed by atoms with Gasteiger partial charge in [-0.3, -0.25) is 0 Å². The molecule has 0 saturated carbocycles. The van der Waals surface area contributed by atoms with Gasteiger partial charge in [0.15, 0.2) is 0 Å². The number of rotatable bonds is 2. The summed E-state index contributed by atoms with van der Waals surface area (Å²) in [7, 11) is 0. The Hall–Kier alpha value is -0.760. The van der Waals surface area contributed by atoms with Crippen LogP contribution in [0.4, 0.5) is 0 Å². The highest BCUT2D eigenvalue weighted by atomic mass is 79.9. The number of hydrogen-bond acceptors (Lipinski definition) is 0. The van der Waals surface area contributed by atoms with Crippen LogP contribution in [0.2, 0.25) is 0 Å². The van der Waals surface area contributed by atoms with Gasteiger partial charge in [-0.2, -0.15) is 0 Å². The molecule has 1 unspecified atom stereocenters. The van der Waals surface area contributed by atoms with E-state index in [9.17, 15) is 0 Å². The maximum Gasteiger partial charge on any atom is 0.0558 e. The van der Waals surface area contributed by atoms with Gasteiger partial charge in [0.05, 0.1) is 11.1 Å². The number of benzene rings is 1. The molecule has 1 atom stereocenters. The fourth-order valence-electron chi connectivity index (χ4n) is 4.63. The fourth-order valence-corrected chi connectivity index (χ4v) is 5.29. The molecule has 1 aliphatic rings. The van der Waals surface area contributed by atoms with E-state index in [4.69, 9.17) is 0 Å². The average Bonchev–Trinajstić information content (AvgIpc) is 2.83. The molecule has 19 heavy (non-hydrogen) atoms. The molecule has 0 saturated heterocycles. The summed E-state index contributed by atoms with van der Waals surface area (Å²) >= 11 is 3.77. The smallest absolute Gasteiger partial charge is 0.0558 e. The van der Waals surface area contributed by atoms with E-state index < -0.39 is 0 Å². The molecule has 0 spiro atoms. The summed E-state index contributed by atoms with van der Waals surface area (Å²) in [6.07, 6.45) is 2.30. The molecule has 3 rings (SSSR count). The number of nitrogens with zero attached hydrogens (tertiary/aromatic N) is 1. The summed E-state index contributed by atoms with van der Waals surface area (Å²) in [4.78, 5) is 0. The molecule has 2 aromatic rings. The molecule has 0 amide bonds. The Labute approximate surface area is 124 Å². The van der Waals surface area contributed by atoms with Crippen LogP contribution in [-0.4, -0.2) is 4.57 Å². The topological polar surface area (TPSA) is 4.93 Å². The van der Waals surface area contributed by atoms with Gasteiger partial charge in [-0.1, -0.05) is 56.6 Å². The highest BCUT2D eigenvalue weighted by Gasteiger charge is 2.50. The molecule has 0 N–H and O–H groups in total. The third-order valence-electron chi connectivity index (χ3n) is 5.23. The second-order valence-corrected chi connectivity index (χ2v) is 7.36. The molecule has 0 bridgehead atoms. The molecule has 1 nitrogen and oxygen atoms in total. The van der Waals surface area contributed by atoms with E-state index in [-0.39, 0.29) is 5.54 Å². The van der Waals surface area contributed by atoms with Crippen LogP contribution in [-0.2, 0) is 5.54 Å². The van der Waals surface area contributed by atoms with Crippen LogP contribution in [0.3, 0.4) is 0 Å². The van der Waals surface area contributed by atoms with Crippen LogP contribution >= 0.6 is 15.9 Å². The summed E-state index contributed by atoms with van der Waals surface area (Å²) in [5.74, 6) is 1.76. The highest BCUT2D eigenvalue weighted by Crippen LogP contribution is 2.55. The number of hydrogen-bond donors (Lipinski definition) is 0. The van der Waals surface area contributed by atoms with Gasteiger partial charge in [0.25, 0.3) is 0 Å². The van der Waals surface area contributed by atoms with Crippen LogP contribution in [0.5, 0.6) is 0 Å². The SMILES string of the molecule is CC(C)C1(C(C)C)C(C)c2c(Br)ccc3ccn1c23. The van der Waals surface area contributed by atoms with Gasteiger partial charge in [-0.05, 0) is 34.9 Å². The van der Waals surface area contributed by atoms with Gasteiger partial charge < -0.3 is 4.57 Å². The second kappa shape index (κ2) is 4.12. The van der Waals surface area contributed by atoms with Crippen LogP contribution in [0.25, 0.3) is 10.9 Å². The molecule has 1 aromatic heterocycles. The molecule has 2 heteroatoms. The fraction of sp³-hybridized carbons (Fsp3) is 0.529. The first-order valence-corrected chi connectivity index (χ1v) is 8.01. The predicted molar refractivity (Wildman–Crippen MR) is 85.7 cm³/mol. The Balaban J connectivity index is 2.42. The van der Waals surface area contributed by atoms with E-state index in [0.29, 0.717) is 17.8 Å². The molecule has 0 radical (unpaired) electrons. The van der Waals surface area contributed by atoms with Crippen molar-refractivity contribution in [1.82, 2.24) is 4.57 Å². The maximum atomic E-state index is 3.77. The Morgan fingerprint density at radius 3 is 2.32 bits per heavy atom. The third-order valence-corrected chi connectivity index (χ3v) is 5.92. The lowest BCUT2D eigenvalue weighted by Crippen LogP contribution is -2.44. The van der Waals surface area contributed by atoms with Gasteiger partial charge in [0, 0.05) is 16.6 Å². The molecule has 0 fully saturated rings. The Morgan fingerprint density at radius 2 is 1.74 bits per heavy atom. The van der Waals surface area contributed by atoms with Gasteiger partial charge in [0.1, 0.15) is 0 Å². The van der Waals surface area contributed by atoms with E-state index in [1.807, 2.05) is 0 Å². The minimum Gasteiger partial charge on any atom is -0.340 e. The number of aromatic nitrogens is 1. The molecule has 1 aliphatic heterocycles. The second-order valence-electron chi connectivity index (χ2n) is 6.50. The summed E-state index contributed by atoms with van der Waals surface area (Å²) in [6, 6.07) is 6.69. The van der Waals surface area contributed by atoms with Crippen LogP contribution in [0, 0.1) is 11.8 Å². The predicted octanol–water partition coefficient (Wildman–Crippen LogP) is 5.53. The first-order valence-electron chi connectivity index (χ1n) is 7.22. The summed E-state index contributed by atoms with van der Waals surface area (Å²) in [5, 5.41) is 1.37. The van der Waals surface area contributed by atoms with E-state index in [1.54, 1.807) is 0 Å². The molecular formula is C17H22BrN. The monoisotopic (exact) mass is 319 g/mol. The zero-order valence-corrected chi connectivity index (χ0v) is 14.0. The van der Waals surface area contributed by atoms with Gasteiger partial charge in [-0.15, -0.1) is 0 Å². The van der Waals surface area contributed by atoms with E-state index in [1.165, 1.54) is 20.9 Å². The Morgan fingerprint density at radius 1 is 1.11 bits per heavy atom. The minimum atomic E-state index is 0.188. The standard InChI is InChI=1S/C17H22BrN/c1-10(2)17(11(3)4)12(5)15-14(18)7-6-13-8-9-19(17)16(13)15/h6-12H,1-5H3. The zero-order chi connectivity index (χ0) is 13.9. The Kier molecular flexibility index (Phi) is 2.87. The van der Waals surface area contributed by atoms with Crippen molar-refractivity contribution in [1.29, 1.82) is 0 Å². The number of halogens is 1. The van der Waals surface area contributed by atoms with Crippen molar-refractivity contribution in [2.24, 2.45) is 11.8 Å². The van der Waals surface area contributed by atoms with E-state index in [0.717, 1.165) is 0 Å². The van der Waals surface area contributed by atoms with Crippen LogP contribution < -0.4 is 0 Å². The van der Waals surface area contributed by atoms with Crippen LogP contribution in [0.15, 0.2) is 28.9 Å². The lowest BCUT2D eigenvalue weighted by molar-refractivity contribution is 0.108. The largest absolute Gasteiger partial charge is 0.340 e. The van der Waals surface area contributed by atoms with E-state index in [2.05, 4.69) is 79.5 Å². The summed E-state index contributed by atoms with van der Waals surface area (Å²) < 4.78 is 3.82. The Bertz CT molecular complexity index is 628. The van der Waals surface area contributed by atoms with Crippen molar-refractivity contribution in [3.05, 3.63) is 34.4 Å². The minimum absolute atomic E-state index is 0.188. The molecule has 1 aromatic carbocycles. The van der Waals surface area contributed by atoms with Crippen LogP contribution in [0.1, 0.15) is 46.1 Å². The highest BCUT2D eigenvalue weighted by molar-refractivity contribution is 9.10. The molecule has 102 valence electrons. The van der Waals surface area contributed by atoms with Crippen molar-refractivity contribution in [2.75, 3.05) is 0 Å². The van der Waals surface area contributed by atoms with Gasteiger partial charge in [-0.25, -0.2) is 0 Å². The van der Waals surface area contributed by atoms with Crippen molar-refractivity contribution in [2.45, 2.75) is 46.1 Å². The lowest BCUT2D eigenvalue weighted by atomic mass is 9.68. The average molecular weight is 320 g/mol.